The summed E-state index contributed by atoms with van der Waals surface area (Å²) in [5.41, 5.74) is 2.69. The zero-order valence-electron chi connectivity index (χ0n) is 15.8. The fourth-order valence-corrected chi connectivity index (χ4v) is 3.38. The molecule has 144 valence electrons. The molecule has 0 unspecified atom stereocenters. The molecule has 30 heavy (non-hydrogen) atoms. The Balaban J connectivity index is 1.80. The van der Waals surface area contributed by atoms with Crippen LogP contribution in [-0.2, 0) is 0 Å². The topological polar surface area (TPSA) is 122 Å². The normalized spacial score (nSPS) is 10.8. The van der Waals surface area contributed by atoms with Gasteiger partial charge in [0.1, 0.15) is 17.3 Å². The second-order valence-corrected chi connectivity index (χ2v) is 6.45. The highest BCUT2D eigenvalue weighted by Gasteiger charge is 2.23. The number of nitrogens with one attached hydrogen (secondary N) is 1. The molecule has 0 bridgehead atoms. The summed E-state index contributed by atoms with van der Waals surface area (Å²) >= 11 is 0. The van der Waals surface area contributed by atoms with E-state index >= 15 is 0 Å². The lowest BCUT2D eigenvalue weighted by Gasteiger charge is -2.04. The lowest BCUT2D eigenvalue weighted by Crippen LogP contribution is -2.19. The van der Waals surface area contributed by atoms with Crippen LogP contribution in [0.5, 0.6) is 5.88 Å². The zero-order valence-corrected chi connectivity index (χ0v) is 15.8. The molecular formula is C21H12N6O3. The average molecular weight is 396 g/mol. The van der Waals surface area contributed by atoms with Gasteiger partial charge in [0.25, 0.3) is 11.4 Å². The highest BCUT2D eigenvalue weighted by molar-refractivity contribution is 5.83. The Morgan fingerprint density at radius 1 is 1.27 bits per heavy atom. The minimum absolute atomic E-state index is 0.0665. The molecule has 1 N–H and O–H groups in total. The van der Waals surface area contributed by atoms with E-state index in [1.165, 1.54) is 7.11 Å². The predicted molar refractivity (Wildman–Crippen MR) is 106 cm³/mol. The third-order valence-electron chi connectivity index (χ3n) is 4.70. The molecule has 0 amide bonds. The molecule has 5 aromatic rings. The average Bonchev–Trinajstić information content (AvgIpc) is 3.35. The van der Waals surface area contributed by atoms with E-state index < -0.39 is 5.56 Å². The monoisotopic (exact) mass is 396 g/mol. The highest BCUT2D eigenvalue weighted by atomic mass is 16.5. The third-order valence-corrected chi connectivity index (χ3v) is 4.70. The Kier molecular flexibility index (Phi) is 3.76. The molecule has 0 spiro atoms. The molecule has 9 nitrogen and oxygen atoms in total. The van der Waals surface area contributed by atoms with Gasteiger partial charge in [-0.2, -0.15) is 19.9 Å². The summed E-state index contributed by atoms with van der Waals surface area (Å²) < 4.78 is 12.0. The molecule has 0 atom stereocenters. The van der Waals surface area contributed by atoms with Gasteiger partial charge in [0.05, 0.1) is 12.7 Å². The van der Waals surface area contributed by atoms with Crippen molar-refractivity contribution in [2.45, 2.75) is 6.92 Å². The van der Waals surface area contributed by atoms with E-state index in [0.717, 1.165) is 10.1 Å². The van der Waals surface area contributed by atoms with Crippen LogP contribution in [0.1, 0.15) is 11.4 Å². The molecule has 0 saturated carbocycles. The van der Waals surface area contributed by atoms with Crippen molar-refractivity contribution in [1.82, 2.24) is 24.6 Å². The van der Waals surface area contributed by atoms with Gasteiger partial charge in [-0.25, -0.2) is 4.98 Å². The van der Waals surface area contributed by atoms with Crippen LogP contribution >= 0.6 is 0 Å². The Morgan fingerprint density at radius 2 is 2.07 bits per heavy atom. The zero-order chi connectivity index (χ0) is 20.8. The second kappa shape index (κ2) is 6.47. The maximum Gasteiger partial charge on any atom is 0.287 e. The Labute approximate surface area is 169 Å². The maximum absolute atomic E-state index is 13.3. The van der Waals surface area contributed by atoms with Crippen LogP contribution in [0, 0.1) is 30.5 Å². The van der Waals surface area contributed by atoms with Gasteiger partial charge in [-0.15, -0.1) is 0 Å². The first-order valence-electron chi connectivity index (χ1n) is 8.87. The molecule has 4 aromatic heterocycles. The minimum atomic E-state index is -0.470. The molecule has 0 radical (unpaired) electrons. The van der Waals surface area contributed by atoms with Crippen molar-refractivity contribution in [2.75, 3.05) is 7.11 Å². The summed E-state index contributed by atoms with van der Waals surface area (Å²) in [5.74, 6) is 0.281. The molecule has 0 aliphatic rings. The summed E-state index contributed by atoms with van der Waals surface area (Å²) in [6.45, 7) is 1.73. The van der Waals surface area contributed by atoms with E-state index in [1.54, 1.807) is 6.92 Å². The van der Waals surface area contributed by atoms with Gasteiger partial charge in [-0.1, -0.05) is 30.3 Å². The van der Waals surface area contributed by atoms with Gasteiger partial charge < -0.3 is 14.1 Å². The quantitative estimate of drug-likeness (QED) is 0.497. The van der Waals surface area contributed by atoms with Crippen molar-refractivity contribution in [2.24, 2.45) is 0 Å². The first kappa shape index (κ1) is 17.5. The van der Waals surface area contributed by atoms with Crippen LogP contribution in [0.3, 0.4) is 0 Å². The number of fused-ring (bicyclic) bond motifs is 2. The number of benzene rings is 1. The minimum Gasteiger partial charge on any atom is -0.479 e. The van der Waals surface area contributed by atoms with Crippen molar-refractivity contribution in [3.05, 3.63) is 64.3 Å². The summed E-state index contributed by atoms with van der Waals surface area (Å²) in [7, 11) is 1.45. The van der Waals surface area contributed by atoms with Gasteiger partial charge in [0, 0.05) is 11.9 Å². The van der Waals surface area contributed by atoms with Gasteiger partial charge in [-0.05, 0) is 18.6 Å². The van der Waals surface area contributed by atoms with Gasteiger partial charge in [-0.3, -0.25) is 4.79 Å². The molecule has 4 heterocycles. The molecule has 9 heteroatoms. The fraction of sp³-hybridized carbons (Fsp3) is 0.0952. The molecule has 0 aliphatic heterocycles. The van der Waals surface area contributed by atoms with Crippen LogP contribution in [0.4, 0.5) is 0 Å². The van der Waals surface area contributed by atoms with Gasteiger partial charge >= 0.3 is 0 Å². The number of oxazole rings is 1. The van der Waals surface area contributed by atoms with Crippen LogP contribution in [0.25, 0.3) is 39.3 Å². The first-order valence-corrected chi connectivity index (χ1v) is 8.87. The molecule has 0 aliphatic carbocycles. The number of hydrogen-bond donors (Lipinski definition) is 1. The number of aromatic nitrogens is 5. The number of aryl methyl sites for hydroxylation is 1. The van der Waals surface area contributed by atoms with Crippen molar-refractivity contribution >= 4 is 16.7 Å². The summed E-state index contributed by atoms with van der Waals surface area (Å²) in [5, 5.41) is 13.8. The smallest absolute Gasteiger partial charge is 0.287 e. The van der Waals surface area contributed by atoms with Crippen molar-refractivity contribution in [3.8, 4) is 34.5 Å². The number of ether oxygens (including phenoxy) is 1. The lowest BCUT2D eigenvalue weighted by molar-refractivity contribution is 0.402. The molecular weight excluding hydrogens is 384 g/mol. The standard InChI is InChI=1S/C21H12N6O3/c1-11-15(19-25-17-14(30-19)8-9-23-20(17)29-2)21(28)27-18(24-11)16(13(10-22)26-27)12-6-4-3-5-7-12/h3-7,24H,1-2H3. The summed E-state index contributed by atoms with van der Waals surface area (Å²) in [4.78, 5) is 24.8. The van der Waals surface area contributed by atoms with E-state index in [0.29, 0.717) is 22.4 Å². The second-order valence-electron chi connectivity index (χ2n) is 6.45. The predicted octanol–water partition coefficient (Wildman–Crippen LogP) is 2.68. The highest BCUT2D eigenvalue weighted by Crippen LogP contribution is 2.30. The summed E-state index contributed by atoms with van der Waals surface area (Å²) in [6, 6.07) is 14.1. The summed E-state index contributed by atoms with van der Waals surface area (Å²) in [6.07, 6.45) is 2.54. The van der Waals surface area contributed by atoms with Crippen LogP contribution in [-0.4, -0.2) is 31.7 Å². The molecule has 1 aromatic carbocycles. The first-order chi connectivity index (χ1) is 14.6. The largest absolute Gasteiger partial charge is 0.479 e. The Bertz CT molecular complexity index is 1520. The van der Waals surface area contributed by atoms with Gasteiger partial charge in [0.15, 0.2) is 11.2 Å². The van der Waals surface area contributed by atoms with Crippen LogP contribution in [0.15, 0.2) is 39.5 Å². The van der Waals surface area contributed by atoms with E-state index in [1.807, 2.05) is 30.3 Å². The third kappa shape index (κ3) is 2.43. The number of nitrogens with zero attached hydrogens (tertiary/aromatic N) is 5. The fourth-order valence-electron chi connectivity index (χ4n) is 3.38. The number of H-pyrrole nitrogens is 1. The number of hydrogen-bond acceptors (Lipinski definition) is 7. The van der Waals surface area contributed by atoms with E-state index in [4.69, 9.17) is 9.15 Å². The molecule has 5 rings (SSSR count). The van der Waals surface area contributed by atoms with E-state index in [-0.39, 0.29) is 28.6 Å². The van der Waals surface area contributed by atoms with Crippen molar-refractivity contribution in [3.63, 3.8) is 0 Å². The van der Waals surface area contributed by atoms with E-state index in [2.05, 4.69) is 38.4 Å². The number of aromatic amines is 1. The van der Waals surface area contributed by atoms with Crippen LogP contribution < -0.4 is 10.3 Å². The Morgan fingerprint density at radius 3 is 2.80 bits per heavy atom. The van der Waals surface area contributed by atoms with E-state index in [9.17, 15) is 10.1 Å². The number of methoxy groups -OCH3 is 1. The maximum atomic E-state index is 13.3. The van der Waals surface area contributed by atoms with Crippen LogP contribution in [0.2, 0.25) is 0 Å². The van der Waals surface area contributed by atoms with Gasteiger partial charge in [0.2, 0.25) is 11.5 Å². The van der Waals surface area contributed by atoms with Crippen molar-refractivity contribution in [1.29, 1.82) is 5.26 Å². The SMILES string of the molecule is COc1nc#cc2oc(-c3c(C)[nH]c4c(-c5ccccc5)c(C#N)nn4c3=O)nc12. The molecule has 0 saturated heterocycles. The Hall–Kier alpha value is -4.63. The number of nitriles is 1. The van der Waals surface area contributed by atoms with Crippen molar-refractivity contribution < 1.29 is 9.15 Å². The molecule has 0 fully saturated rings. The lowest BCUT2D eigenvalue weighted by atomic mass is 10.1. The number of rotatable bonds is 3.